The summed E-state index contributed by atoms with van der Waals surface area (Å²) in [5.41, 5.74) is 5.42. The first-order valence-corrected chi connectivity index (χ1v) is 13.6. The molecule has 0 radical (unpaired) electrons. The Hall–Kier alpha value is -1.94. The molecule has 37 heavy (non-hydrogen) atoms. The van der Waals surface area contributed by atoms with Crippen LogP contribution in [0.4, 0.5) is 5.82 Å². The summed E-state index contributed by atoms with van der Waals surface area (Å²) >= 11 is 6.15. The van der Waals surface area contributed by atoms with Crippen LogP contribution in [0.25, 0.3) is 11.0 Å². The molecule has 0 aromatic carbocycles. The molecule has 17 heteroatoms. The summed E-state index contributed by atoms with van der Waals surface area (Å²) in [7, 11) is -3.93. The largest absolute Gasteiger partial charge is 0.387 e. The zero-order valence-electron chi connectivity index (χ0n) is 19.9. The van der Waals surface area contributed by atoms with Crippen LogP contribution in [0.5, 0.6) is 0 Å². The van der Waals surface area contributed by atoms with Gasteiger partial charge in [0.2, 0.25) is 16.5 Å². The van der Waals surface area contributed by atoms with Crippen molar-refractivity contribution in [2.45, 2.75) is 68.0 Å². The highest BCUT2D eigenvalue weighted by Crippen LogP contribution is 2.53. The van der Waals surface area contributed by atoms with E-state index in [2.05, 4.69) is 20.4 Å². The van der Waals surface area contributed by atoms with Gasteiger partial charge in [-0.1, -0.05) is 12.8 Å². The monoisotopic (exact) mass is 564 g/mol. The number of fused-ring (bicyclic) bond motifs is 1. The summed E-state index contributed by atoms with van der Waals surface area (Å²) in [4.78, 5) is 39.8. The Bertz CT molecular complexity index is 1170. The number of rotatable bonds is 11. The third-order valence-corrected chi connectivity index (χ3v) is 8.22. The second-order valence-electron chi connectivity index (χ2n) is 9.22. The Morgan fingerprint density at radius 2 is 2.03 bits per heavy atom. The van der Waals surface area contributed by atoms with Gasteiger partial charge in [-0.15, -0.1) is 0 Å². The van der Waals surface area contributed by atoms with Gasteiger partial charge in [0.15, 0.2) is 11.9 Å². The highest BCUT2D eigenvalue weighted by molar-refractivity contribution is 7.53. The van der Waals surface area contributed by atoms with Gasteiger partial charge in [0.25, 0.3) is 0 Å². The minimum Gasteiger partial charge on any atom is -0.387 e. The minimum atomic E-state index is -5.09. The van der Waals surface area contributed by atoms with Gasteiger partial charge in [-0.25, -0.2) is 4.68 Å². The number of nitrogens with one attached hydrogen (secondary N) is 1. The average Bonchev–Trinajstić information content (AvgIpc) is 3.52. The number of amides is 1. The van der Waals surface area contributed by atoms with Crippen molar-refractivity contribution in [1.29, 1.82) is 0 Å². The van der Waals surface area contributed by atoms with Gasteiger partial charge in [0.1, 0.15) is 24.1 Å². The summed E-state index contributed by atoms with van der Waals surface area (Å²) < 4.78 is 29.5. The van der Waals surface area contributed by atoms with Gasteiger partial charge < -0.3 is 45.3 Å². The Balaban J connectivity index is 1.56. The van der Waals surface area contributed by atoms with Crippen LogP contribution in [0.15, 0.2) is 6.20 Å². The first kappa shape index (κ1) is 28.1. The average molecular weight is 565 g/mol. The molecule has 206 valence electrons. The van der Waals surface area contributed by atoms with Crippen LogP contribution in [0.1, 0.15) is 38.3 Å². The van der Waals surface area contributed by atoms with E-state index in [9.17, 15) is 29.4 Å². The standard InChI is InChI=1S/C20H30ClN6O9P/c1-34-9-20(6-13(22)28,37(31,32)33)35-8-12-14(29)15(30)18(36-12)27-17-11(7-23-27)16(25-19(21)26-17)24-10-4-2-3-5-10/h7,10,12,14-15,18,29-30H,2-6,8-9H2,1H3,(H2,22,28)(H,24,25,26)(H2,31,32,33)/t12-,14-,15-,18-,20?/m1/s1. The molecule has 15 nitrogen and oxygen atoms in total. The number of aromatic nitrogens is 4. The van der Waals surface area contributed by atoms with E-state index >= 15 is 0 Å². The number of nitrogens with two attached hydrogens (primary N) is 1. The highest BCUT2D eigenvalue weighted by atomic mass is 35.5. The Labute approximate surface area is 216 Å². The number of hydrogen-bond donors (Lipinski definition) is 6. The maximum absolute atomic E-state index is 12.2. The van der Waals surface area contributed by atoms with E-state index in [0.29, 0.717) is 11.2 Å². The van der Waals surface area contributed by atoms with Crippen molar-refractivity contribution in [2.75, 3.05) is 25.6 Å². The van der Waals surface area contributed by atoms with E-state index < -0.39 is 63.0 Å². The maximum atomic E-state index is 12.2. The van der Waals surface area contributed by atoms with Crippen LogP contribution in [0.2, 0.25) is 5.28 Å². The van der Waals surface area contributed by atoms with Crippen molar-refractivity contribution in [3.63, 3.8) is 0 Å². The fraction of sp³-hybridized carbons (Fsp3) is 0.700. The number of halogens is 1. The Morgan fingerprint density at radius 3 is 2.65 bits per heavy atom. The van der Waals surface area contributed by atoms with Crippen molar-refractivity contribution in [1.82, 2.24) is 19.7 Å². The molecule has 2 fully saturated rings. The summed E-state index contributed by atoms with van der Waals surface area (Å²) in [6.45, 7) is -1.27. The topological polar surface area (TPSA) is 224 Å². The smallest absolute Gasteiger partial charge is 0.360 e. The van der Waals surface area contributed by atoms with E-state index in [1.807, 2.05) is 0 Å². The van der Waals surface area contributed by atoms with Gasteiger partial charge in [-0.3, -0.25) is 9.36 Å². The second-order valence-corrected chi connectivity index (χ2v) is 11.5. The molecule has 1 unspecified atom stereocenters. The number of aliphatic hydroxyl groups is 2. The van der Waals surface area contributed by atoms with E-state index in [1.165, 1.54) is 18.0 Å². The van der Waals surface area contributed by atoms with Crippen LogP contribution < -0.4 is 11.1 Å². The number of anilines is 1. The lowest BCUT2D eigenvalue weighted by Gasteiger charge is -2.33. The SMILES string of the molecule is COCC(CC(N)=O)(OC[C@H]1O[C@@H](n2ncc3c(NC4CCCC4)nc(Cl)nc32)[C@H](O)[C@@H]1O)P(=O)(O)O. The lowest BCUT2D eigenvalue weighted by molar-refractivity contribution is -0.134. The Morgan fingerprint density at radius 1 is 1.32 bits per heavy atom. The minimum absolute atomic E-state index is 0.0555. The van der Waals surface area contributed by atoms with Crippen molar-refractivity contribution in [3.8, 4) is 0 Å². The van der Waals surface area contributed by atoms with Crippen LogP contribution in [-0.2, 0) is 23.6 Å². The molecule has 1 aliphatic carbocycles. The zero-order chi connectivity index (χ0) is 27.0. The number of ether oxygens (including phenoxy) is 3. The predicted octanol–water partition coefficient (Wildman–Crippen LogP) is -0.134. The van der Waals surface area contributed by atoms with Crippen LogP contribution in [0, 0.1) is 0 Å². The normalized spacial score (nSPS) is 26.5. The number of methoxy groups -OCH3 is 1. The first-order valence-electron chi connectivity index (χ1n) is 11.6. The van der Waals surface area contributed by atoms with Crippen LogP contribution in [-0.4, -0.2) is 95.7 Å². The first-order chi connectivity index (χ1) is 17.5. The lowest BCUT2D eigenvalue weighted by Crippen LogP contribution is -2.44. The molecule has 7 N–H and O–H groups in total. The van der Waals surface area contributed by atoms with Crippen LogP contribution >= 0.6 is 19.2 Å². The second kappa shape index (κ2) is 11.0. The molecule has 0 bridgehead atoms. The lowest BCUT2D eigenvalue weighted by atomic mass is 10.1. The molecule has 1 amide bonds. The van der Waals surface area contributed by atoms with Gasteiger partial charge >= 0.3 is 7.60 Å². The number of carbonyl (C=O) groups is 1. The molecule has 1 saturated carbocycles. The fourth-order valence-corrected chi connectivity index (χ4v) is 5.74. The fourth-order valence-electron chi connectivity index (χ4n) is 4.68. The molecule has 1 saturated heterocycles. The van der Waals surface area contributed by atoms with E-state index in [0.717, 1.165) is 25.7 Å². The molecule has 2 aromatic rings. The Kier molecular flexibility index (Phi) is 8.38. The molecule has 5 atom stereocenters. The molecule has 0 spiro atoms. The van der Waals surface area contributed by atoms with Crippen molar-refractivity contribution in [3.05, 3.63) is 11.5 Å². The van der Waals surface area contributed by atoms with Gasteiger partial charge in [0, 0.05) is 13.2 Å². The summed E-state index contributed by atoms with van der Waals surface area (Å²) in [5, 5.41) is 27.0. The molecule has 2 aliphatic rings. The predicted molar refractivity (Wildman–Crippen MR) is 129 cm³/mol. The zero-order valence-corrected chi connectivity index (χ0v) is 21.6. The molecular weight excluding hydrogens is 535 g/mol. The molecular formula is C20H30ClN6O9P. The highest BCUT2D eigenvalue weighted by Gasteiger charge is 2.52. The van der Waals surface area contributed by atoms with Crippen LogP contribution in [0.3, 0.4) is 0 Å². The third-order valence-electron chi connectivity index (χ3n) is 6.57. The van der Waals surface area contributed by atoms with Gasteiger partial charge in [-0.05, 0) is 24.4 Å². The van der Waals surface area contributed by atoms with E-state index in [1.54, 1.807) is 0 Å². The molecule has 2 aromatic heterocycles. The number of hydrogen-bond acceptors (Lipinski definition) is 11. The quantitative estimate of drug-likeness (QED) is 0.155. The number of carbonyl (C=O) groups excluding carboxylic acids is 1. The van der Waals surface area contributed by atoms with Gasteiger partial charge in [-0.2, -0.15) is 15.1 Å². The molecule has 4 rings (SSSR count). The molecule has 1 aliphatic heterocycles. The van der Waals surface area contributed by atoms with Gasteiger partial charge in [0.05, 0.1) is 31.2 Å². The summed E-state index contributed by atoms with van der Waals surface area (Å²) in [6, 6.07) is 0.232. The van der Waals surface area contributed by atoms with E-state index in [4.69, 9.17) is 31.5 Å². The number of nitrogens with zero attached hydrogens (tertiary/aromatic N) is 4. The summed E-state index contributed by atoms with van der Waals surface area (Å²) in [5.74, 6) is -0.550. The van der Waals surface area contributed by atoms with Crippen molar-refractivity contribution < 1.29 is 43.6 Å². The maximum Gasteiger partial charge on any atom is 0.360 e. The third kappa shape index (κ3) is 5.75. The summed E-state index contributed by atoms with van der Waals surface area (Å²) in [6.07, 6.45) is -0.726. The van der Waals surface area contributed by atoms with E-state index in [-0.39, 0.29) is 17.0 Å². The van der Waals surface area contributed by atoms with Crippen molar-refractivity contribution in [2.24, 2.45) is 5.73 Å². The number of aliphatic hydroxyl groups excluding tert-OH is 2. The number of primary amides is 1. The van der Waals surface area contributed by atoms with Crippen molar-refractivity contribution >= 4 is 42.0 Å². The molecule has 3 heterocycles.